The van der Waals surface area contributed by atoms with Crippen LogP contribution in [-0.2, 0) is 9.59 Å². The zero-order chi connectivity index (χ0) is 15.1. The van der Waals surface area contributed by atoms with Crippen LogP contribution in [0, 0.1) is 0 Å². The molecule has 0 saturated carbocycles. The van der Waals surface area contributed by atoms with Crippen LogP contribution in [0.15, 0.2) is 28.7 Å². The smallest absolute Gasteiger partial charge is 0.326 e. The fourth-order valence-electron chi connectivity index (χ4n) is 1.61. The number of nitrogens with one attached hydrogen (secondary N) is 1. The number of benzene rings is 1. The van der Waals surface area contributed by atoms with Gasteiger partial charge < -0.3 is 15.2 Å². The molecular formula is C14H18BrNO4. The van der Waals surface area contributed by atoms with Crippen molar-refractivity contribution in [2.75, 3.05) is 0 Å². The topological polar surface area (TPSA) is 75.6 Å². The lowest BCUT2D eigenvalue weighted by molar-refractivity contribution is -0.143. The Kier molecular flexibility index (Phi) is 6.51. The van der Waals surface area contributed by atoms with Gasteiger partial charge in [0.15, 0.2) is 6.10 Å². The van der Waals surface area contributed by atoms with Crippen molar-refractivity contribution >= 4 is 27.8 Å². The van der Waals surface area contributed by atoms with Crippen molar-refractivity contribution in [3.63, 3.8) is 0 Å². The molecule has 5 nitrogen and oxygen atoms in total. The van der Waals surface area contributed by atoms with E-state index >= 15 is 0 Å². The van der Waals surface area contributed by atoms with Gasteiger partial charge >= 0.3 is 5.97 Å². The number of carbonyl (C=O) groups is 2. The molecule has 20 heavy (non-hydrogen) atoms. The predicted molar refractivity (Wildman–Crippen MR) is 78.7 cm³/mol. The molecule has 0 aliphatic rings. The molecule has 1 amide bonds. The van der Waals surface area contributed by atoms with Crippen LogP contribution in [0.1, 0.15) is 26.7 Å². The molecule has 0 aliphatic heterocycles. The first-order valence-corrected chi connectivity index (χ1v) is 7.18. The molecule has 0 radical (unpaired) electrons. The molecule has 0 saturated heterocycles. The molecule has 0 aromatic heterocycles. The van der Waals surface area contributed by atoms with Crippen molar-refractivity contribution in [2.24, 2.45) is 0 Å². The van der Waals surface area contributed by atoms with E-state index in [4.69, 9.17) is 9.84 Å². The fourth-order valence-corrected chi connectivity index (χ4v) is 1.87. The Hall–Kier alpha value is -1.56. The normalized spacial score (nSPS) is 13.3. The summed E-state index contributed by atoms with van der Waals surface area (Å²) in [4.78, 5) is 22.9. The molecule has 6 heteroatoms. The van der Waals surface area contributed by atoms with Gasteiger partial charge in [-0.3, -0.25) is 4.79 Å². The number of aliphatic carboxylic acids is 1. The first-order chi connectivity index (χ1) is 9.43. The molecule has 0 spiro atoms. The lowest BCUT2D eigenvalue weighted by Crippen LogP contribution is -2.46. The highest BCUT2D eigenvalue weighted by Gasteiger charge is 2.23. The lowest BCUT2D eigenvalue weighted by Gasteiger charge is -2.18. The standard InChI is InChI=1S/C14H18BrNO4/c1-3-4-12(14(18)19)16-13(17)9(2)20-11-7-5-10(15)6-8-11/h5-9,12H,3-4H2,1-2H3,(H,16,17)(H,18,19). The maximum absolute atomic E-state index is 11.9. The Bertz CT molecular complexity index is 461. The van der Waals surface area contributed by atoms with E-state index in [1.54, 1.807) is 31.2 Å². The van der Waals surface area contributed by atoms with Gasteiger partial charge in [0, 0.05) is 4.47 Å². The molecule has 1 aromatic carbocycles. The Labute approximate surface area is 126 Å². The van der Waals surface area contributed by atoms with Crippen LogP contribution in [-0.4, -0.2) is 29.1 Å². The average molecular weight is 344 g/mol. The van der Waals surface area contributed by atoms with Gasteiger partial charge in [-0.15, -0.1) is 0 Å². The fraction of sp³-hybridized carbons (Fsp3) is 0.429. The van der Waals surface area contributed by atoms with Gasteiger partial charge in [-0.2, -0.15) is 0 Å². The van der Waals surface area contributed by atoms with E-state index in [1.165, 1.54) is 0 Å². The van der Waals surface area contributed by atoms with Crippen molar-refractivity contribution < 1.29 is 19.4 Å². The average Bonchev–Trinajstić information content (AvgIpc) is 2.40. The van der Waals surface area contributed by atoms with E-state index in [0.29, 0.717) is 18.6 Å². The van der Waals surface area contributed by atoms with Gasteiger partial charge in [0.25, 0.3) is 5.91 Å². The molecular weight excluding hydrogens is 326 g/mol. The maximum atomic E-state index is 11.9. The highest BCUT2D eigenvalue weighted by atomic mass is 79.9. The molecule has 110 valence electrons. The van der Waals surface area contributed by atoms with Crippen molar-refractivity contribution in [3.8, 4) is 5.75 Å². The van der Waals surface area contributed by atoms with Gasteiger partial charge in [0.05, 0.1) is 0 Å². The van der Waals surface area contributed by atoms with Gasteiger partial charge in [-0.05, 0) is 37.6 Å². The summed E-state index contributed by atoms with van der Waals surface area (Å²) in [5.41, 5.74) is 0. The Morgan fingerprint density at radius 3 is 2.45 bits per heavy atom. The number of halogens is 1. The Balaban J connectivity index is 2.57. The molecule has 1 aromatic rings. The third kappa shape index (κ3) is 5.21. The number of carboxylic acids is 1. The minimum atomic E-state index is -1.03. The molecule has 0 bridgehead atoms. The summed E-state index contributed by atoms with van der Waals surface area (Å²) in [5, 5.41) is 11.5. The molecule has 1 rings (SSSR count). The van der Waals surface area contributed by atoms with Crippen LogP contribution in [0.2, 0.25) is 0 Å². The second kappa shape index (κ2) is 7.89. The number of carboxylic acid groups (broad SMARTS) is 1. The van der Waals surface area contributed by atoms with E-state index in [9.17, 15) is 9.59 Å². The molecule has 0 heterocycles. The van der Waals surface area contributed by atoms with Crippen molar-refractivity contribution in [2.45, 2.75) is 38.8 Å². The second-order valence-electron chi connectivity index (χ2n) is 4.40. The van der Waals surface area contributed by atoms with Gasteiger partial charge in [-0.25, -0.2) is 4.79 Å². The molecule has 2 atom stereocenters. The minimum Gasteiger partial charge on any atom is -0.481 e. The summed E-state index contributed by atoms with van der Waals surface area (Å²) in [6, 6.07) is 6.20. The van der Waals surface area contributed by atoms with E-state index in [-0.39, 0.29) is 0 Å². The largest absolute Gasteiger partial charge is 0.481 e. The van der Waals surface area contributed by atoms with Gasteiger partial charge in [0.1, 0.15) is 11.8 Å². The highest BCUT2D eigenvalue weighted by molar-refractivity contribution is 9.10. The quantitative estimate of drug-likeness (QED) is 0.797. The van der Waals surface area contributed by atoms with Crippen LogP contribution < -0.4 is 10.1 Å². The van der Waals surface area contributed by atoms with Crippen molar-refractivity contribution in [1.29, 1.82) is 0 Å². The number of ether oxygens (including phenoxy) is 1. The molecule has 0 aliphatic carbocycles. The molecule has 2 N–H and O–H groups in total. The summed E-state index contributed by atoms with van der Waals surface area (Å²) in [5.74, 6) is -0.914. The van der Waals surface area contributed by atoms with Crippen LogP contribution in [0.4, 0.5) is 0 Å². The lowest BCUT2D eigenvalue weighted by atomic mass is 10.1. The third-order valence-corrected chi connectivity index (χ3v) is 3.22. The van der Waals surface area contributed by atoms with Gasteiger partial charge in [-0.1, -0.05) is 29.3 Å². The summed E-state index contributed by atoms with van der Waals surface area (Å²) >= 11 is 3.31. The zero-order valence-electron chi connectivity index (χ0n) is 11.4. The second-order valence-corrected chi connectivity index (χ2v) is 5.32. The van der Waals surface area contributed by atoms with Crippen LogP contribution in [0.25, 0.3) is 0 Å². The first-order valence-electron chi connectivity index (χ1n) is 6.39. The first kappa shape index (κ1) is 16.5. The predicted octanol–water partition coefficient (Wildman–Crippen LogP) is 2.59. The van der Waals surface area contributed by atoms with E-state index < -0.39 is 24.0 Å². The van der Waals surface area contributed by atoms with Crippen LogP contribution >= 0.6 is 15.9 Å². The Morgan fingerprint density at radius 1 is 1.35 bits per heavy atom. The Morgan fingerprint density at radius 2 is 1.95 bits per heavy atom. The van der Waals surface area contributed by atoms with E-state index in [0.717, 1.165) is 4.47 Å². The SMILES string of the molecule is CCCC(NC(=O)C(C)Oc1ccc(Br)cc1)C(=O)O. The minimum absolute atomic E-state index is 0.395. The number of hydrogen-bond donors (Lipinski definition) is 2. The number of hydrogen-bond acceptors (Lipinski definition) is 3. The number of carbonyl (C=O) groups excluding carboxylic acids is 1. The van der Waals surface area contributed by atoms with E-state index in [2.05, 4.69) is 21.2 Å². The highest BCUT2D eigenvalue weighted by Crippen LogP contribution is 2.17. The van der Waals surface area contributed by atoms with Crippen molar-refractivity contribution in [1.82, 2.24) is 5.32 Å². The van der Waals surface area contributed by atoms with Crippen LogP contribution in [0.3, 0.4) is 0 Å². The summed E-state index contributed by atoms with van der Waals surface area (Å²) in [7, 11) is 0. The number of amides is 1. The van der Waals surface area contributed by atoms with Crippen LogP contribution in [0.5, 0.6) is 5.75 Å². The molecule has 0 fully saturated rings. The van der Waals surface area contributed by atoms with Gasteiger partial charge in [0.2, 0.25) is 0 Å². The zero-order valence-corrected chi connectivity index (χ0v) is 13.0. The van der Waals surface area contributed by atoms with Crippen molar-refractivity contribution in [3.05, 3.63) is 28.7 Å². The monoisotopic (exact) mass is 343 g/mol. The summed E-state index contributed by atoms with van der Waals surface area (Å²) in [6.45, 7) is 3.45. The summed E-state index contributed by atoms with van der Waals surface area (Å²) < 4.78 is 6.38. The summed E-state index contributed by atoms with van der Waals surface area (Å²) in [6.07, 6.45) is 0.320. The third-order valence-electron chi connectivity index (χ3n) is 2.69. The van der Waals surface area contributed by atoms with E-state index in [1.807, 2.05) is 6.92 Å². The maximum Gasteiger partial charge on any atom is 0.326 e. The molecule has 2 unspecified atom stereocenters. The number of rotatable bonds is 7.